The van der Waals surface area contributed by atoms with Crippen LogP contribution in [0.3, 0.4) is 0 Å². The standard InChI is InChI=1S/C20H18F3N3O3.C18H12F3N5.C18H13F3N4O2.2C18H16FN5O/c1-12(2)29-19(27)17(14-4-5-28-10-14)9-26-11-24-18(25-26)15-6-13(3)7-16(8-15)20(21,22)23;1-12-5-14(7-16(6-12)18(19,20)21)17-24-11-26(25-17)10-15(8-22)13-3-2-4-23-9-13;1-11-5-13(7-14(6-11)18(19,20)21)16-23-10-25(24-16)9-15(17(26)27)12-3-2-4-22-8-12;1-11-5-12(2)7-13(6-11)18-22-10-24(23-18)9-15(17(20)25)14-3-4-21-8-16(14)19;1-11-5-12(2)7-14(6-11)18-22-10-24(23-18)9-15(17(20)25)13-3-4-16(19)21-8-13/h4-12H,1-3H3;2-7,9-11H,1H3;2-10H,1H3,(H,26,27);2*3-10H,1-2H3,(H2,20,25)/b17-9+;15-10-;3*15-9+. The van der Waals surface area contributed by atoms with Crippen molar-refractivity contribution in [1.82, 2.24) is 93.8 Å². The Hall–Kier alpha value is -17.0. The Bertz CT molecular complexity index is 6840. The Morgan fingerprint density at radius 3 is 1.13 bits per heavy atom. The van der Waals surface area contributed by atoms with E-state index in [-0.39, 0.29) is 68.1 Å². The summed E-state index contributed by atoms with van der Waals surface area (Å²) in [6.45, 7) is 16.1. The number of furan rings is 1. The van der Waals surface area contributed by atoms with Gasteiger partial charge in [-0.1, -0.05) is 46.5 Å². The van der Waals surface area contributed by atoms with E-state index in [2.05, 4.69) is 82.5 Å². The van der Waals surface area contributed by atoms with Crippen LogP contribution in [0.1, 0.15) is 97.3 Å². The number of esters is 1. The summed E-state index contributed by atoms with van der Waals surface area (Å²) in [5.41, 5.74) is 19.0. The zero-order valence-electron chi connectivity index (χ0n) is 71.0. The van der Waals surface area contributed by atoms with Crippen molar-refractivity contribution in [2.24, 2.45) is 11.5 Å². The molecular weight excluding hydrogens is 1730 g/mol. The molecule has 5 N–H and O–H groups in total. The van der Waals surface area contributed by atoms with E-state index in [1.165, 1.54) is 143 Å². The minimum absolute atomic E-state index is 0.0169. The second kappa shape index (κ2) is 42.1. The van der Waals surface area contributed by atoms with Gasteiger partial charge in [0, 0.05) is 124 Å². The molecule has 0 aliphatic rings. The number of aryl methyl sites for hydroxylation is 7. The van der Waals surface area contributed by atoms with Gasteiger partial charge in [-0.05, 0) is 194 Å². The van der Waals surface area contributed by atoms with E-state index >= 15 is 0 Å². The smallest absolute Gasteiger partial charge is 0.416 e. The van der Waals surface area contributed by atoms with Gasteiger partial charge < -0.3 is 25.7 Å². The number of benzene rings is 5. The number of rotatable bonds is 20. The molecule has 29 nitrogen and oxygen atoms in total. The Morgan fingerprint density at radius 2 is 0.788 bits per heavy atom. The molecule has 0 radical (unpaired) electrons. The third kappa shape index (κ3) is 26.3. The average molecular weight is 1810 g/mol. The van der Waals surface area contributed by atoms with E-state index in [4.69, 9.17) is 20.6 Å². The van der Waals surface area contributed by atoms with Gasteiger partial charge in [0.05, 0.1) is 69.4 Å². The fourth-order valence-electron chi connectivity index (χ4n) is 12.5. The van der Waals surface area contributed by atoms with Gasteiger partial charge in [-0.15, -0.1) is 25.5 Å². The highest BCUT2D eigenvalue weighted by Crippen LogP contribution is 2.37. The molecule has 132 heavy (non-hydrogen) atoms. The third-order valence-corrected chi connectivity index (χ3v) is 18.1. The highest BCUT2D eigenvalue weighted by molar-refractivity contribution is 6.23. The van der Waals surface area contributed by atoms with Gasteiger partial charge in [0.25, 0.3) is 11.8 Å². The highest BCUT2D eigenvalue weighted by Gasteiger charge is 2.34. The lowest BCUT2D eigenvalue weighted by Gasteiger charge is -2.10. The quantitative estimate of drug-likeness (QED) is 0.0210. The number of carboxylic acid groups (broad SMARTS) is 1. The second-order valence-electron chi connectivity index (χ2n) is 29.3. The van der Waals surface area contributed by atoms with Crippen LogP contribution in [0.25, 0.3) is 116 Å². The van der Waals surface area contributed by atoms with Gasteiger partial charge in [-0.25, -0.2) is 67.3 Å². The molecule has 0 unspecified atom stereocenters. The normalized spacial score (nSPS) is 12.0. The van der Waals surface area contributed by atoms with Crippen LogP contribution in [0, 0.1) is 71.6 Å². The van der Waals surface area contributed by atoms with Gasteiger partial charge >= 0.3 is 30.5 Å². The molecule has 15 aromatic rings. The zero-order valence-corrected chi connectivity index (χ0v) is 71.0. The number of primary amides is 2. The number of allylic oxidation sites excluding steroid dienone is 1. The lowest BCUT2D eigenvalue weighted by atomic mass is 10.1. The zero-order chi connectivity index (χ0) is 95.5. The van der Waals surface area contributed by atoms with E-state index in [9.17, 15) is 77.8 Å². The number of amides is 2. The summed E-state index contributed by atoms with van der Waals surface area (Å²) in [5.74, 6) is -3.18. The number of aromatic nitrogens is 19. The molecular formula is C92H75F11N22O7. The van der Waals surface area contributed by atoms with Crippen LogP contribution >= 0.6 is 0 Å². The largest absolute Gasteiger partial charge is 0.478 e. The van der Waals surface area contributed by atoms with E-state index in [0.29, 0.717) is 56.2 Å². The summed E-state index contributed by atoms with van der Waals surface area (Å²) in [7, 11) is 0. The molecule has 0 spiro atoms. The Balaban J connectivity index is 0.000000159. The van der Waals surface area contributed by atoms with Crippen LogP contribution < -0.4 is 11.5 Å². The van der Waals surface area contributed by atoms with Gasteiger partial charge in [0.15, 0.2) is 29.1 Å². The molecule has 672 valence electrons. The molecule has 40 heteroatoms. The summed E-state index contributed by atoms with van der Waals surface area (Å²) in [6, 6.07) is 36.9. The summed E-state index contributed by atoms with van der Waals surface area (Å²) in [5, 5.41) is 39.8. The van der Waals surface area contributed by atoms with Crippen molar-refractivity contribution in [1.29, 1.82) is 5.26 Å². The first-order valence-electron chi connectivity index (χ1n) is 39.0. The van der Waals surface area contributed by atoms with E-state index in [1.54, 1.807) is 83.3 Å². The molecule has 0 saturated carbocycles. The monoisotopic (exact) mass is 1810 g/mol. The van der Waals surface area contributed by atoms with Gasteiger partial charge in [0.1, 0.15) is 43.5 Å². The fraction of sp³-hybridized carbons (Fsp3) is 0.141. The maximum Gasteiger partial charge on any atom is 0.416 e. The van der Waals surface area contributed by atoms with Crippen molar-refractivity contribution < 1.29 is 81.7 Å². The van der Waals surface area contributed by atoms with E-state index in [0.717, 1.165) is 86.7 Å². The van der Waals surface area contributed by atoms with Gasteiger partial charge in [0.2, 0.25) is 5.95 Å². The number of carboxylic acids is 1. The van der Waals surface area contributed by atoms with Gasteiger partial charge in [-0.3, -0.25) is 24.5 Å². The highest BCUT2D eigenvalue weighted by atomic mass is 19.4. The van der Waals surface area contributed by atoms with Crippen LogP contribution in [0.5, 0.6) is 0 Å². The number of aliphatic carboxylic acids is 1. The number of nitrogens with zero attached hydrogens (tertiary/aromatic N) is 20. The molecule has 0 bridgehead atoms. The fourth-order valence-corrected chi connectivity index (χ4v) is 12.5. The van der Waals surface area contributed by atoms with Crippen molar-refractivity contribution in [2.45, 2.75) is 86.9 Å². The van der Waals surface area contributed by atoms with Crippen LogP contribution in [-0.2, 0) is 42.4 Å². The molecule has 10 heterocycles. The van der Waals surface area contributed by atoms with E-state index in [1.807, 2.05) is 58.0 Å². The lowest BCUT2D eigenvalue weighted by Crippen LogP contribution is -2.14. The minimum Gasteiger partial charge on any atom is -0.478 e. The Labute approximate surface area is 743 Å². The number of hydrogen-bond donors (Lipinski definition) is 3. The molecule has 5 aromatic carbocycles. The number of pyridine rings is 4. The average Bonchev–Trinajstić information content (AvgIpc) is 1.62. The van der Waals surface area contributed by atoms with Crippen LogP contribution in [0.4, 0.5) is 48.3 Å². The number of alkyl halides is 9. The SMILES string of the molecule is Cc1cc(-c2ncn(/C=C(/C#N)c3cccnc3)n2)cc(C(F)(F)F)c1.Cc1cc(-c2ncn(/C=C(/C(=O)O)c3cccnc3)n2)cc(C(F)(F)F)c1.Cc1cc(-c2ncn(/C=C(/C(=O)OC(C)C)c3ccoc3)n2)cc(C(F)(F)F)c1.Cc1cc(C)cc(-c2ncn(/C=C(/C(N)=O)c3ccc(F)nc3)n2)c1.Cc1cc(C)cc(-c2ncn(/C=C(/C(N)=O)c3ccncc3F)n2)c1. The van der Waals surface area contributed by atoms with Crippen molar-refractivity contribution in [3.05, 3.63) is 322 Å². The Morgan fingerprint density at radius 1 is 0.424 bits per heavy atom. The predicted molar refractivity (Wildman–Crippen MR) is 465 cm³/mol. The first-order chi connectivity index (χ1) is 62.6. The number of nitriles is 1. The van der Waals surface area contributed by atoms with E-state index < -0.39 is 70.7 Å². The number of carbonyl (C=O) groups excluding carboxylic acids is 3. The third-order valence-electron chi connectivity index (χ3n) is 18.1. The number of hydrogen-bond acceptors (Lipinski definition) is 21. The lowest BCUT2D eigenvalue weighted by molar-refractivity contribution is -0.140. The minimum atomic E-state index is -4.49. The molecule has 2 amide bonds. The number of ether oxygens (including phenoxy) is 1. The first-order valence-corrected chi connectivity index (χ1v) is 39.0. The molecule has 0 fully saturated rings. The maximum absolute atomic E-state index is 13.9. The number of nitrogens with two attached hydrogens (primary N) is 2. The molecule has 0 saturated heterocycles. The molecule has 0 aliphatic carbocycles. The summed E-state index contributed by atoms with van der Waals surface area (Å²) >= 11 is 0. The van der Waals surface area contributed by atoms with Crippen molar-refractivity contribution >= 4 is 82.6 Å². The molecule has 10 aromatic heterocycles. The van der Waals surface area contributed by atoms with Crippen LogP contribution in [0.2, 0.25) is 0 Å². The van der Waals surface area contributed by atoms with Crippen molar-refractivity contribution in [3.8, 4) is 63.0 Å². The van der Waals surface area contributed by atoms with Crippen LogP contribution in [0.15, 0.2) is 231 Å². The molecule has 0 atom stereocenters. The Kier molecular flexibility index (Phi) is 30.5. The summed E-state index contributed by atoms with van der Waals surface area (Å²) < 4.78 is 161. The van der Waals surface area contributed by atoms with Crippen molar-refractivity contribution in [2.75, 3.05) is 0 Å². The second-order valence-corrected chi connectivity index (χ2v) is 29.3. The number of carbonyl (C=O) groups is 4. The predicted octanol–water partition coefficient (Wildman–Crippen LogP) is 17.9. The number of halogens is 11. The molecule has 15 rings (SSSR count). The summed E-state index contributed by atoms with van der Waals surface area (Å²) in [6.07, 6.45) is 12.3. The summed E-state index contributed by atoms with van der Waals surface area (Å²) in [4.78, 5) is 83.0. The first kappa shape index (κ1) is 95.6. The van der Waals surface area contributed by atoms with Crippen LogP contribution in [-0.4, -0.2) is 129 Å². The van der Waals surface area contributed by atoms with Gasteiger partial charge in [-0.2, -0.15) is 49.2 Å². The topological polar surface area (TPSA) is 392 Å². The van der Waals surface area contributed by atoms with Crippen molar-refractivity contribution in [3.63, 3.8) is 0 Å². The molecule has 0 aliphatic heterocycles. The maximum atomic E-state index is 13.9.